The Morgan fingerprint density at radius 3 is 2.59 bits per heavy atom. The number of fused-ring (bicyclic) bond motifs is 1. The Kier molecular flexibility index (Phi) is 6.32. The van der Waals surface area contributed by atoms with E-state index >= 15 is 0 Å². The number of amides is 2. The van der Waals surface area contributed by atoms with E-state index < -0.39 is 6.03 Å². The van der Waals surface area contributed by atoms with Crippen LogP contribution in [0.25, 0.3) is 0 Å². The summed E-state index contributed by atoms with van der Waals surface area (Å²) in [5.74, 6) is 0.801. The first-order valence-corrected chi connectivity index (χ1v) is 10.7. The molecule has 0 spiro atoms. The summed E-state index contributed by atoms with van der Waals surface area (Å²) in [4.78, 5) is 12.5. The number of carbonyl (C=O) groups is 1. The zero-order chi connectivity index (χ0) is 22.7. The van der Waals surface area contributed by atoms with Crippen LogP contribution in [-0.4, -0.2) is 18.9 Å². The van der Waals surface area contributed by atoms with E-state index in [1.54, 1.807) is 7.11 Å². The van der Waals surface area contributed by atoms with Crippen molar-refractivity contribution >= 4 is 34.7 Å². The third-order valence-corrected chi connectivity index (χ3v) is 5.70. The highest BCUT2D eigenvalue weighted by molar-refractivity contribution is 6.31. The molecule has 0 radical (unpaired) electrons. The fourth-order valence-corrected chi connectivity index (χ4v) is 3.96. The summed E-state index contributed by atoms with van der Waals surface area (Å²) in [5.41, 5.74) is 9.15. The summed E-state index contributed by atoms with van der Waals surface area (Å²) in [5, 5.41) is 11.5. The van der Waals surface area contributed by atoms with Crippen LogP contribution in [0.2, 0.25) is 5.02 Å². The average Bonchev–Trinajstić information content (AvgIpc) is 2.79. The molecule has 1 atom stereocenters. The molecular weight excluding hydrogens is 424 g/mol. The molecule has 32 heavy (non-hydrogen) atoms. The van der Waals surface area contributed by atoms with E-state index in [0.29, 0.717) is 11.4 Å². The molecule has 0 saturated heterocycles. The van der Waals surface area contributed by atoms with Crippen molar-refractivity contribution in [1.29, 1.82) is 0 Å². The van der Waals surface area contributed by atoms with Gasteiger partial charge in [0, 0.05) is 28.4 Å². The third kappa shape index (κ3) is 4.86. The van der Waals surface area contributed by atoms with Crippen molar-refractivity contribution in [2.45, 2.75) is 26.3 Å². The first-order chi connectivity index (χ1) is 15.4. The van der Waals surface area contributed by atoms with Crippen molar-refractivity contribution in [3.05, 3.63) is 87.9 Å². The van der Waals surface area contributed by atoms with E-state index in [2.05, 4.69) is 21.2 Å². The molecule has 6 nitrogen and oxygen atoms in total. The van der Waals surface area contributed by atoms with E-state index in [0.717, 1.165) is 45.1 Å². The van der Waals surface area contributed by atoms with Gasteiger partial charge in [0.15, 0.2) is 0 Å². The highest BCUT2D eigenvalue weighted by Gasteiger charge is 2.25. The van der Waals surface area contributed by atoms with E-state index in [1.165, 1.54) is 0 Å². The summed E-state index contributed by atoms with van der Waals surface area (Å²) >= 11 is 6.23. The number of rotatable bonds is 4. The van der Waals surface area contributed by atoms with Crippen molar-refractivity contribution in [2.75, 3.05) is 17.7 Å². The van der Waals surface area contributed by atoms with Gasteiger partial charge in [-0.1, -0.05) is 41.4 Å². The maximum atomic E-state index is 12.5. The highest BCUT2D eigenvalue weighted by Crippen LogP contribution is 2.35. The molecule has 0 bridgehead atoms. The van der Waals surface area contributed by atoms with Gasteiger partial charge in [0.2, 0.25) is 0 Å². The van der Waals surface area contributed by atoms with Crippen molar-refractivity contribution in [1.82, 2.24) is 5.43 Å². The Labute approximate surface area is 192 Å². The number of nitrogens with zero attached hydrogens (tertiary/aromatic N) is 1. The smallest absolute Gasteiger partial charge is 0.339 e. The molecule has 0 saturated carbocycles. The number of methoxy groups -OCH3 is 1. The Hall–Kier alpha value is -3.51. The third-order valence-electron chi connectivity index (χ3n) is 5.46. The molecule has 3 aromatic rings. The maximum absolute atomic E-state index is 12.5. The number of hydrazone groups is 1. The number of hydrogen-bond donors (Lipinski definition) is 3. The molecule has 3 aromatic carbocycles. The fourth-order valence-electron chi connectivity index (χ4n) is 3.79. The second kappa shape index (κ2) is 9.32. The topological polar surface area (TPSA) is 74.8 Å². The van der Waals surface area contributed by atoms with E-state index in [9.17, 15) is 4.79 Å². The number of aryl methyl sites for hydroxylation is 2. The normalized spacial score (nSPS) is 16.1. The molecule has 0 fully saturated rings. The number of ether oxygens (including phenoxy) is 1. The predicted octanol–water partition coefficient (Wildman–Crippen LogP) is 6.05. The van der Waals surface area contributed by atoms with Gasteiger partial charge in [-0.2, -0.15) is 5.10 Å². The van der Waals surface area contributed by atoms with Gasteiger partial charge in [0.1, 0.15) is 5.75 Å². The fraction of sp³-hybridized carbons (Fsp3) is 0.200. The van der Waals surface area contributed by atoms with Crippen molar-refractivity contribution in [2.24, 2.45) is 5.10 Å². The van der Waals surface area contributed by atoms with Crippen LogP contribution in [0.5, 0.6) is 5.75 Å². The molecule has 7 heteroatoms. The quantitative estimate of drug-likeness (QED) is 0.425. The molecular formula is C25H25ClN4O2. The molecule has 4 rings (SSSR count). The number of benzene rings is 3. The van der Waals surface area contributed by atoms with Crippen LogP contribution in [0, 0.1) is 13.8 Å². The Bertz CT molecular complexity index is 1180. The number of nitrogens with one attached hydrogen (secondary N) is 3. The maximum Gasteiger partial charge on any atom is 0.339 e. The van der Waals surface area contributed by atoms with Gasteiger partial charge in [-0.15, -0.1) is 0 Å². The lowest BCUT2D eigenvalue weighted by molar-refractivity contribution is 0.252. The van der Waals surface area contributed by atoms with Gasteiger partial charge in [0.25, 0.3) is 0 Å². The standard InChI is InChI=1S/C25H25ClN4O2/c1-15-4-10-21(16(2)12-15)28-25(31)30-29-24-14-23(17-5-8-19(32-3)9-6-17)27-22-11-7-18(26)13-20(22)24/h4-13,23,27H,14H2,1-3H3,(H2,28,30,31). The summed E-state index contributed by atoms with van der Waals surface area (Å²) in [6.45, 7) is 3.97. The Balaban J connectivity index is 1.56. The van der Waals surface area contributed by atoms with E-state index in [1.807, 2.05) is 74.5 Å². The lowest BCUT2D eigenvalue weighted by Crippen LogP contribution is -2.29. The van der Waals surface area contributed by atoms with Crippen molar-refractivity contribution in [3.63, 3.8) is 0 Å². The number of hydrogen-bond acceptors (Lipinski definition) is 4. The van der Waals surface area contributed by atoms with Crippen LogP contribution in [0.3, 0.4) is 0 Å². The monoisotopic (exact) mass is 448 g/mol. The Morgan fingerprint density at radius 1 is 1.09 bits per heavy atom. The number of halogens is 1. The minimum atomic E-state index is -0.396. The Morgan fingerprint density at radius 2 is 1.88 bits per heavy atom. The van der Waals surface area contributed by atoms with Gasteiger partial charge in [-0.25, -0.2) is 10.2 Å². The SMILES string of the molecule is COc1ccc(C2CC(=NNC(=O)Nc3ccc(C)cc3C)c3cc(Cl)ccc3N2)cc1. The number of urea groups is 1. The second-order valence-corrected chi connectivity index (χ2v) is 8.24. The summed E-state index contributed by atoms with van der Waals surface area (Å²) in [6.07, 6.45) is 0.587. The zero-order valence-electron chi connectivity index (χ0n) is 18.2. The van der Waals surface area contributed by atoms with Crippen LogP contribution in [-0.2, 0) is 0 Å². The second-order valence-electron chi connectivity index (χ2n) is 7.81. The van der Waals surface area contributed by atoms with Gasteiger partial charge in [-0.05, 0) is 61.4 Å². The average molecular weight is 449 g/mol. The van der Waals surface area contributed by atoms with Gasteiger partial charge >= 0.3 is 6.03 Å². The first-order valence-electron chi connectivity index (χ1n) is 10.3. The molecule has 2 amide bonds. The largest absolute Gasteiger partial charge is 0.497 e. The summed E-state index contributed by atoms with van der Waals surface area (Å²) < 4.78 is 5.26. The lowest BCUT2D eigenvalue weighted by atomic mass is 9.92. The molecule has 164 valence electrons. The minimum Gasteiger partial charge on any atom is -0.497 e. The summed E-state index contributed by atoms with van der Waals surface area (Å²) in [6, 6.07) is 19.0. The molecule has 0 aromatic heterocycles. The van der Waals surface area contributed by atoms with E-state index in [-0.39, 0.29) is 6.04 Å². The zero-order valence-corrected chi connectivity index (χ0v) is 19.0. The van der Waals surface area contributed by atoms with Crippen molar-refractivity contribution in [3.8, 4) is 5.75 Å². The van der Waals surface area contributed by atoms with Gasteiger partial charge in [0.05, 0.1) is 18.9 Å². The van der Waals surface area contributed by atoms with Crippen LogP contribution in [0.4, 0.5) is 16.2 Å². The van der Waals surface area contributed by atoms with Crippen molar-refractivity contribution < 1.29 is 9.53 Å². The predicted molar refractivity (Wildman–Crippen MR) is 130 cm³/mol. The molecule has 1 aliphatic rings. The van der Waals surface area contributed by atoms with Gasteiger partial charge in [-0.3, -0.25) is 0 Å². The molecule has 1 heterocycles. The van der Waals surface area contributed by atoms with Crippen LogP contribution >= 0.6 is 11.6 Å². The van der Waals surface area contributed by atoms with Crippen LogP contribution < -0.4 is 20.8 Å². The molecule has 1 aliphatic heterocycles. The number of anilines is 2. The first kappa shape index (κ1) is 21.7. The van der Waals surface area contributed by atoms with Crippen LogP contribution in [0.15, 0.2) is 65.8 Å². The summed E-state index contributed by atoms with van der Waals surface area (Å²) in [7, 11) is 1.65. The molecule has 3 N–H and O–H groups in total. The lowest BCUT2D eigenvalue weighted by Gasteiger charge is -2.29. The van der Waals surface area contributed by atoms with E-state index in [4.69, 9.17) is 16.3 Å². The molecule has 0 aliphatic carbocycles. The highest BCUT2D eigenvalue weighted by atomic mass is 35.5. The molecule has 1 unspecified atom stereocenters. The number of carbonyl (C=O) groups excluding carboxylic acids is 1. The van der Waals surface area contributed by atoms with Crippen LogP contribution in [0.1, 0.15) is 34.7 Å². The van der Waals surface area contributed by atoms with Gasteiger partial charge < -0.3 is 15.4 Å². The minimum absolute atomic E-state index is 0.00228.